The molecule has 1 atom stereocenters. The largest absolute Gasteiger partial charge is 0.384 e. The lowest BCUT2D eigenvalue weighted by molar-refractivity contribution is -0.123. The maximum atomic E-state index is 11.4. The number of hydrogen-bond acceptors (Lipinski definition) is 4. The fourth-order valence-electron chi connectivity index (χ4n) is 1.89. The molecular weight excluding hydrogens is 284 g/mol. The molecule has 1 saturated heterocycles. The molecule has 1 aromatic rings. The van der Waals surface area contributed by atoms with Crippen LogP contribution in [0.2, 0.25) is 5.02 Å². The van der Waals surface area contributed by atoms with Crippen LogP contribution in [-0.2, 0) is 4.79 Å². The molecule has 0 aliphatic carbocycles. The second-order valence-electron chi connectivity index (χ2n) is 4.43. The molecule has 4 nitrogen and oxygen atoms in total. The highest BCUT2D eigenvalue weighted by molar-refractivity contribution is 7.99. The highest BCUT2D eigenvalue weighted by Gasteiger charge is 2.15. The van der Waals surface area contributed by atoms with Crippen molar-refractivity contribution in [2.75, 3.05) is 34.8 Å². The van der Waals surface area contributed by atoms with Crippen LogP contribution >= 0.6 is 23.4 Å². The number of halogens is 1. The smallest absolute Gasteiger partial charge is 0.252 e. The minimum atomic E-state index is -1.03. The van der Waals surface area contributed by atoms with Gasteiger partial charge in [0.2, 0.25) is 0 Å². The molecule has 1 aromatic carbocycles. The van der Waals surface area contributed by atoms with E-state index in [2.05, 4.69) is 10.2 Å². The molecule has 1 fully saturated rings. The maximum Gasteiger partial charge on any atom is 0.252 e. The third-order valence-electron chi connectivity index (χ3n) is 2.95. The number of aliphatic hydroxyl groups excluding tert-OH is 1. The quantitative estimate of drug-likeness (QED) is 0.899. The average molecular weight is 301 g/mol. The fourth-order valence-corrected chi connectivity index (χ4v) is 3.10. The van der Waals surface area contributed by atoms with Gasteiger partial charge in [0.1, 0.15) is 6.10 Å². The van der Waals surface area contributed by atoms with Gasteiger partial charge in [0, 0.05) is 30.3 Å². The van der Waals surface area contributed by atoms with E-state index in [1.807, 2.05) is 23.9 Å². The predicted octanol–water partition coefficient (Wildman–Crippen LogP) is 2.21. The van der Waals surface area contributed by atoms with E-state index in [-0.39, 0.29) is 0 Å². The highest BCUT2D eigenvalue weighted by Crippen LogP contribution is 2.30. The molecule has 0 saturated carbocycles. The van der Waals surface area contributed by atoms with E-state index in [0.717, 1.165) is 30.3 Å². The van der Waals surface area contributed by atoms with Crippen LogP contribution in [0, 0.1) is 0 Å². The summed E-state index contributed by atoms with van der Waals surface area (Å²) in [6.07, 6.45) is -1.03. The van der Waals surface area contributed by atoms with Gasteiger partial charge in [-0.25, -0.2) is 0 Å². The molecule has 0 bridgehead atoms. The number of amides is 1. The molecule has 2 rings (SSSR count). The number of nitrogens with zero attached hydrogens (tertiary/aromatic N) is 1. The summed E-state index contributed by atoms with van der Waals surface area (Å²) in [7, 11) is 0. The SMILES string of the molecule is CC(O)C(=O)Nc1ccc(N2CCSCC2)c(Cl)c1. The van der Waals surface area contributed by atoms with Crippen LogP contribution < -0.4 is 10.2 Å². The fraction of sp³-hybridized carbons (Fsp3) is 0.462. The van der Waals surface area contributed by atoms with Crippen molar-refractivity contribution in [1.29, 1.82) is 0 Å². The minimum Gasteiger partial charge on any atom is -0.384 e. The lowest BCUT2D eigenvalue weighted by Gasteiger charge is -2.29. The molecule has 0 radical (unpaired) electrons. The molecule has 1 heterocycles. The van der Waals surface area contributed by atoms with Gasteiger partial charge in [-0.05, 0) is 25.1 Å². The normalized spacial score (nSPS) is 17.1. The van der Waals surface area contributed by atoms with E-state index in [4.69, 9.17) is 16.7 Å². The average Bonchev–Trinajstić information content (AvgIpc) is 2.39. The second-order valence-corrected chi connectivity index (χ2v) is 6.06. The van der Waals surface area contributed by atoms with Crippen LogP contribution in [0.15, 0.2) is 18.2 Å². The van der Waals surface area contributed by atoms with E-state index in [0.29, 0.717) is 10.7 Å². The maximum absolute atomic E-state index is 11.4. The Balaban J connectivity index is 2.10. The molecule has 104 valence electrons. The number of hydrogen-bond donors (Lipinski definition) is 2. The van der Waals surface area contributed by atoms with Gasteiger partial charge >= 0.3 is 0 Å². The summed E-state index contributed by atoms with van der Waals surface area (Å²) in [6, 6.07) is 5.44. The number of benzene rings is 1. The summed E-state index contributed by atoms with van der Waals surface area (Å²) in [5.41, 5.74) is 1.60. The van der Waals surface area contributed by atoms with Crippen molar-refractivity contribution in [2.24, 2.45) is 0 Å². The Morgan fingerprint density at radius 2 is 2.16 bits per heavy atom. The number of carbonyl (C=O) groups is 1. The van der Waals surface area contributed by atoms with Crippen LogP contribution in [0.1, 0.15) is 6.92 Å². The van der Waals surface area contributed by atoms with Crippen LogP contribution in [0.3, 0.4) is 0 Å². The Morgan fingerprint density at radius 1 is 1.47 bits per heavy atom. The number of carbonyl (C=O) groups excluding carboxylic acids is 1. The molecular formula is C13H17ClN2O2S. The highest BCUT2D eigenvalue weighted by atomic mass is 35.5. The van der Waals surface area contributed by atoms with Crippen LogP contribution in [0.5, 0.6) is 0 Å². The van der Waals surface area contributed by atoms with Crippen LogP contribution in [-0.4, -0.2) is 41.7 Å². The van der Waals surface area contributed by atoms with Gasteiger partial charge < -0.3 is 15.3 Å². The summed E-state index contributed by atoms with van der Waals surface area (Å²) < 4.78 is 0. The third-order valence-corrected chi connectivity index (χ3v) is 4.19. The van der Waals surface area contributed by atoms with Gasteiger partial charge in [-0.2, -0.15) is 11.8 Å². The second kappa shape index (κ2) is 6.50. The molecule has 2 N–H and O–H groups in total. The van der Waals surface area contributed by atoms with Crippen molar-refractivity contribution in [2.45, 2.75) is 13.0 Å². The molecule has 0 spiro atoms. The molecule has 19 heavy (non-hydrogen) atoms. The molecule has 6 heteroatoms. The number of rotatable bonds is 3. The molecule has 1 aliphatic rings. The van der Waals surface area contributed by atoms with Crippen molar-refractivity contribution in [3.05, 3.63) is 23.2 Å². The monoisotopic (exact) mass is 300 g/mol. The lowest BCUT2D eigenvalue weighted by atomic mass is 10.2. The summed E-state index contributed by atoms with van der Waals surface area (Å²) in [5.74, 6) is 1.78. The van der Waals surface area contributed by atoms with Crippen molar-refractivity contribution >= 4 is 40.6 Å². The Morgan fingerprint density at radius 3 is 2.74 bits per heavy atom. The zero-order chi connectivity index (χ0) is 13.8. The van der Waals surface area contributed by atoms with E-state index < -0.39 is 12.0 Å². The lowest BCUT2D eigenvalue weighted by Crippen LogP contribution is -2.32. The van der Waals surface area contributed by atoms with Crippen molar-refractivity contribution < 1.29 is 9.90 Å². The van der Waals surface area contributed by atoms with Gasteiger partial charge in [0.15, 0.2) is 0 Å². The standard InChI is InChI=1S/C13H17ClN2O2S/c1-9(17)13(18)15-10-2-3-12(11(14)8-10)16-4-6-19-7-5-16/h2-3,8-9,17H,4-7H2,1H3,(H,15,18). The van der Waals surface area contributed by atoms with E-state index in [1.54, 1.807) is 6.07 Å². The first-order valence-electron chi connectivity index (χ1n) is 6.19. The first-order valence-corrected chi connectivity index (χ1v) is 7.72. The summed E-state index contributed by atoms with van der Waals surface area (Å²) in [4.78, 5) is 13.6. The van der Waals surface area contributed by atoms with Crippen molar-refractivity contribution in [3.63, 3.8) is 0 Å². The predicted molar refractivity (Wildman–Crippen MR) is 81.3 cm³/mol. The van der Waals surface area contributed by atoms with Crippen LogP contribution in [0.4, 0.5) is 11.4 Å². The Hall–Kier alpha value is -0.910. The number of anilines is 2. The number of nitrogens with one attached hydrogen (secondary N) is 1. The molecule has 0 aromatic heterocycles. The summed E-state index contributed by atoms with van der Waals surface area (Å²) in [6.45, 7) is 3.41. The summed E-state index contributed by atoms with van der Waals surface area (Å²) in [5, 5.41) is 12.4. The number of aliphatic hydroxyl groups is 1. The van der Waals surface area contributed by atoms with Crippen LogP contribution in [0.25, 0.3) is 0 Å². The third kappa shape index (κ3) is 3.78. The number of thioether (sulfide) groups is 1. The van der Waals surface area contributed by atoms with Gasteiger partial charge in [0.25, 0.3) is 5.91 Å². The minimum absolute atomic E-state index is 0.432. The first-order chi connectivity index (χ1) is 9.08. The van der Waals surface area contributed by atoms with Crippen molar-refractivity contribution in [1.82, 2.24) is 0 Å². The van der Waals surface area contributed by atoms with Gasteiger partial charge in [0.05, 0.1) is 10.7 Å². The molecule has 1 aliphatic heterocycles. The topological polar surface area (TPSA) is 52.6 Å². The Bertz CT molecular complexity index is 462. The van der Waals surface area contributed by atoms with Crippen molar-refractivity contribution in [3.8, 4) is 0 Å². The van der Waals surface area contributed by atoms with Gasteiger partial charge in [-0.1, -0.05) is 11.6 Å². The zero-order valence-electron chi connectivity index (χ0n) is 10.7. The zero-order valence-corrected chi connectivity index (χ0v) is 12.3. The Labute approximate surface area is 122 Å². The Kier molecular flexibility index (Phi) is 4.96. The van der Waals surface area contributed by atoms with Gasteiger partial charge in [-0.15, -0.1) is 0 Å². The summed E-state index contributed by atoms with van der Waals surface area (Å²) >= 11 is 8.21. The van der Waals surface area contributed by atoms with Gasteiger partial charge in [-0.3, -0.25) is 4.79 Å². The van der Waals surface area contributed by atoms with E-state index in [1.165, 1.54) is 6.92 Å². The van der Waals surface area contributed by atoms with E-state index in [9.17, 15) is 4.79 Å². The molecule has 1 amide bonds. The first kappa shape index (κ1) is 14.5. The van der Waals surface area contributed by atoms with E-state index >= 15 is 0 Å². The molecule has 1 unspecified atom stereocenters.